The van der Waals surface area contributed by atoms with Gasteiger partial charge in [-0.05, 0) is 6.92 Å². The maximum atomic E-state index is 11.4. The topological polar surface area (TPSA) is 95.9 Å². The second kappa shape index (κ2) is 4.27. The van der Waals surface area contributed by atoms with Gasteiger partial charge in [0, 0.05) is 0 Å². The molecular formula is C8H9N5O2S. The van der Waals surface area contributed by atoms with Crippen molar-refractivity contribution >= 4 is 23.0 Å². The van der Waals surface area contributed by atoms with Crippen LogP contribution in [0.25, 0.3) is 5.13 Å². The van der Waals surface area contributed by atoms with E-state index in [0.717, 1.165) is 0 Å². The summed E-state index contributed by atoms with van der Waals surface area (Å²) in [5.41, 5.74) is 7.57. The summed E-state index contributed by atoms with van der Waals surface area (Å²) in [5.74, 6) is -0.539. The lowest BCUT2D eigenvalue weighted by atomic mass is 10.4. The number of nitrogen functional groups attached to an aromatic ring is 1. The first-order valence-corrected chi connectivity index (χ1v) is 5.39. The Morgan fingerprint density at radius 3 is 3.12 bits per heavy atom. The number of ether oxygens (including phenoxy) is 1. The number of anilines is 1. The fourth-order valence-electron chi connectivity index (χ4n) is 1.11. The monoisotopic (exact) mass is 239 g/mol. The van der Waals surface area contributed by atoms with Crippen LogP contribution in [0.4, 0.5) is 5.69 Å². The molecule has 0 spiro atoms. The lowest BCUT2D eigenvalue weighted by Crippen LogP contribution is -2.08. The van der Waals surface area contributed by atoms with E-state index >= 15 is 0 Å². The van der Waals surface area contributed by atoms with Gasteiger partial charge in [-0.25, -0.2) is 9.48 Å². The van der Waals surface area contributed by atoms with Gasteiger partial charge in [-0.3, -0.25) is 0 Å². The zero-order valence-electron chi connectivity index (χ0n) is 8.45. The van der Waals surface area contributed by atoms with Crippen molar-refractivity contribution in [3.8, 4) is 5.13 Å². The third-order valence-corrected chi connectivity index (χ3v) is 2.44. The number of hydrogen-bond acceptors (Lipinski definition) is 7. The first-order valence-electron chi connectivity index (χ1n) is 4.51. The van der Waals surface area contributed by atoms with E-state index in [0.29, 0.717) is 5.13 Å². The van der Waals surface area contributed by atoms with Crippen LogP contribution in [0.15, 0.2) is 11.7 Å². The van der Waals surface area contributed by atoms with Crippen LogP contribution < -0.4 is 5.73 Å². The minimum atomic E-state index is -0.539. The molecule has 16 heavy (non-hydrogen) atoms. The molecule has 2 aromatic rings. The van der Waals surface area contributed by atoms with Crippen molar-refractivity contribution in [1.82, 2.24) is 20.0 Å². The zero-order chi connectivity index (χ0) is 11.5. The molecule has 0 aliphatic rings. The third kappa shape index (κ3) is 1.87. The molecule has 0 radical (unpaired) electrons. The summed E-state index contributed by atoms with van der Waals surface area (Å²) in [4.78, 5) is 11.4. The van der Waals surface area contributed by atoms with E-state index < -0.39 is 5.97 Å². The van der Waals surface area contributed by atoms with E-state index in [1.807, 2.05) is 0 Å². The van der Waals surface area contributed by atoms with Crippen LogP contribution >= 0.6 is 11.3 Å². The van der Waals surface area contributed by atoms with Gasteiger partial charge < -0.3 is 10.5 Å². The molecule has 84 valence electrons. The summed E-state index contributed by atoms with van der Waals surface area (Å²) in [5, 5.41) is 12.0. The molecule has 8 heteroatoms. The van der Waals surface area contributed by atoms with Crippen LogP contribution in [-0.4, -0.2) is 32.6 Å². The van der Waals surface area contributed by atoms with E-state index in [-0.39, 0.29) is 18.0 Å². The second-order valence-corrected chi connectivity index (χ2v) is 3.63. The molecule has 2 aromatic heterocycles. The van der Waals surface area contributed by atoms with Gasteiger partial charge in [-0.2, -0.15) is 5.10 Å². The Balaban J connectivity index is 2.32. The first-order chi connectivity index (χ1) is 7.72. The predicted molar refractivity (Wildman–Crippen MR) is 57.4 cm³/mol. The molecule has 2 N–H and O–H groups in total. The number of carbonyl (C=O) groups excluding carboxylic acids is 1. The number of nitrogens with zero attached hydrogens (tertiary/aromatic N) is 4. The summed E-state index contributed by atoms with van der Waals surface area (Å²) in [6.07, 6.45) is 1.51. The van der Waals surface area contributed by atoms with E-state index in [1.165, 1.54) is 22.2 Å². The van der Waals surface area contributed by atoms with E-state index in [4.69, 9.17) is 10.5 Å². The molecule has 0 saturated carbocycles. The Morgan fingerprint density at radius 1 is 1.69 bits per heavy atom. The number of nitrogens with two attached hydrogens (primary N) is 1. The van der Waals surface area contributed by atoms with Crippen molar-refractivity contribution in [2.24, 2.45) is 0 Å². The van der Waals surface area contributed by atoms with Gasteiger partial charge in [0.1, 0.15) is 5.51 Å². The van der Waals surface area contributed by atoms with Crippen molar-refractivity contribution in [3.05, 3.63) is 17.4 Å². The predicted octanol–water partition coefficient (Wildman–Crippen LogP) is 0.483. The fourth-order valence-corrected chi connectivity index (χ4v) is 1.59. The molecular weight excluding hydrogens is 230 g/mol. The first kappa shape index (κ1) is 10.6. The number of esters is 1. The van der Waals surface area contributed by atoms with E-state index in [1.54, 1.807) is 12.4 Å². The number of aromatic nitrogens is 4. The molecule has 0 unspecified atom stereocenters. The highest BCUT2D eigenvalue weighted by molar-refractivity contribution is 7.11. The highest BCUT2D eigenvalue weighted by Crippen LogP contribution is 2.15. The summed E-state index contributed by atoms with van der Waals surface area (Å²) < 4.78 is 6.21. The maximum absolute atomic E-state index is 11.4. The van der Waals surface area contributed by atoms with Crippen molar-refractivity contribution < 1.29 is 9.53 Å². The maximum Gasteiger partial charge on any atom is 0.361 e. The summed E-state index contributed by atoms with van der Waals surface area (Å²) in [7, 11) is 0. The van der Waals surface area contributed by atoms with Gasteiger partial charge >= 0.3 is 5.97 Å². The minimum absolute atomic E-state index is 0.0945. The Bertz CT molecular complexity index is 493. The number of hydrogen-bond donors (Lipinski definition) is 1. The summed E-state index contributed by atoms with van der Waals surface area (Å²) >= 11 is 1.29. The van der Waals surface area contributed by atoms with E-state index in [9.17, 15) is 4.79 Å². The molecule has 0 aliphatic heterocycles. The average Bonchev–Trinajstić information content (AvgIpc) is 2.86. The Labute approximate surface area is 94.9 Å². The van der Waals surface area contributed by atoms with Crippen molar-refractivity contribution in [2.45, 2.75) is 6.92 Å². The second-order valence-electron chi connectivity index (χ2n) is 2.82. The molecule has 7 nitrogen and oxygen atoms in total. The molecule has 0 amide bonds. The van der Waals surface area contributed by atoms with Crippen LogP contribution in [0.5, 0.6) is 0 Å². The Hall–Kier alpha value is -1.96. The van der Waals surface area contributed by atoms with Gasteiger partial charge in [0.15, 0.2) is 5.69 Å². The van der Waals surface area contributed by atoms with Gasteiger partial charge in [0.2, 0.25) is 5.13 Å². The van der Waals surface area contributed by atoms with Crippen molar-refractivity contribution in [2.75, 3.05) is 12.3 Å². The largest absolute Gasteiger partial charge is 0.461 e. The lowest BCUT2D eigenvalue weighted by molar-refractivity contribution is 0.0520. The van der Waals surface area contributed by atoms with Crippen LogP contribution in [-0.2, 0) is 4.74 Å². The quantitative estimate of drug-likeness (QED) is 0.783. The van der Waals surface area contributed by atoms with Crippen LogP contribution in [0.3, 0.4) is 0 Å². The van der Waals surface area contributed by atoms with Crippen molar-refractivity contribution in [3.63, 3.8) is 0 Å². The highest BCUT2D eigenvalue weighted by Gasteiger charge is 2.17. The van der Waals surface area contributed by atoms with Crippen molar-refractivity contribution in [1.29, 1.82) is 0 Å². The molecule has 0 atom stereocenters. The molecule has 0 saturated heterocycles. The Morgan fingerprint density at radius 2 is 2.50 bits per heavy atom. The van der Waals surface area contributed by atoms with Crippen LogP contribution in [0.1, 0.15) is 17.4 Å². The SMILES string of the molecule is CCOC(=O)c1nn(-c2nncs2)cc1N. The number of rotatable bonds is 3. The molecule has 2 heterocycles. The van der Waals surface area contributed by atoms with Gasteiger partial charge in [0.25, 0.3) is 0 Å². The highest BCUT2D eigenvalue weighted by atomic mass is 32.1. The van der Waals surface area contributed by atoms with E-state index in [2.05, 4.69) is 15.3 Å². The Kier molecular flexibility index (Phi) is 2.82. The molecule has 2 rings (SSSR count). The average molecular weight is 239 g/mol. The molecule has 0 aliphatic carbocycles. The molecule has 0 aromatic carbocycles. The molecule has 0 fully saturated rings. The summed E-state index contributed by atoms with van der Waals surface area (Å²) in [6.45, 7) is 2.00. The third-order valence-electron chi connectivity index (χ3n) is 1.76. The normalized spacial score (nSPS) is 10.3. The smallest absolute Gasteiger partial charge is 0.361 e. The lowest BCUT2D eigenvalue weighted by Gasteiger charge is -1.97. The number of carbonyl (C=O) groups is 1. The van der Waals surface area contributed by atoms with Gasteiger partial charge in [-0.1, -0.05) is 11.3 Å². The van der Waals surface area contributed by atoms with Gasteiger partial charge in [0.05, 0.1) is 18.5 Å². The molecule has 0 bridgehead atoms. The van der Waals surface area contributed by atoms with Crippen LogP contribution in [0, 0.1) is 0 Å². The minimum Gasteiger partial charge on any atom is -0.461 e. The zero-order valence-corrected chi connectivity index (χ0v) is 9.27. The standard InChI is InChI=1S/C8H9N5O2S/c1-2-15-7(14)6-5(9)3-13(12-6)8-11-10-4-16-8/h3-4H,2,9H2,1H3. The van der Waals surface area contributed by atoms with Gasteiger partial charge in [-0.15, -0.1) is 10.2 Å². The fraction of sp³-hybridized carbons (Fsp3) is 0.250. The van der Waals surface area contributed by atoms with Crippen LogP contribution in [0.2, 0.25) is 0 Å². The summed E-state index contributed by atoms with van der Waals surface area (Å²) in [6, 6.07) is 0.